The first-order valence-electron chi connectivity index (χ1n) is 4.67. The molecule has 0 bridgehead atoms. The molecule has 0 saturated carbocycles. The average Bonchev–Trinajstić information content (AvgIpc) is 2.15. The van der Waals surface area contributed by atoms with Gasteiger partial charge in [0.05, 0.1) is 0 Å². The van der Waals surface area contributed by atoms with Crippen molar-refractivity contribution in [1.29, 1.82) is 0 Å². The van der Waals surface area contributed by atoms with Gasteiger partial charge in [0, 0.05) is 24.2 Å². The zero-order chi connectivity index (χ0) is 9.97. The number of likely N-dealkylation sites (tertiary alicyclic amines) is 1. The molecule has 70 valence electrons. The Hall–Kier alpha value is -1.75. The van der Waals surface area contributed by atoms with Crippen molar-refractivity contribution in [2.75, 3.05) is 13.1 Å². The van der Waals surface area contributed by atoms with E-state index in [1.807, 2.05) is 4.90 Å². The average molecular weight is 185 g/mol. The van der Waals surface area contributed by atoms with Gasteiger partial charge in [-0.25, -0.2) is 0 Å². The summed E-state index contributed by atoms with van der Waals surface area (Å²) in [7, 11) is 0. The second kappa shape index (κ2) is 3.55. The molecule has 0 aliphatic carbocycles. The fraction of sp³-hybridized carbons (Fsp3) is 0.250. The molecule has 14 heavy (non-hydrogen) atoms. The van der Waals surface area contributed by atoms with E-state index in [1.165, 1.54) is 0 Å². The molecule has 0 radical (unpaired) electrons. The highest BCUT2D eigenvalue weighted by Gasteiger charge is 2.20. The molecular formula is C12H11NO. The lowest BCUT2D eigenvalue weighted by Gasteiger charge is -2.30. The van der Waals surface area contributed by atoms with Crippen molar-refractivity contribution in [3.8, 4) is 12.3 Å². The Kier molecular flexibility index (Phi) is 2.24. The maximum atomic E-state index is 11.7. The maximum Gasteiger partial charge on any atom is 0.253 e. The van der Waals surface area contributed by atoms with E-state index in [-0.39, 0.29) is 5.91 Å². The number of hydrogen-bond donors (Lipinski definition) is 0. The van der Waals surface area contributed by atoms with Crippen LogP contribution in [0.25, 0.3) is 0 Å². The van der Waals surface area contributed by atoms with Crippen molar-refractivity contribution in [3.05, 3.63) is 35.4 Å². The van der Waals surface area contributed by atoms with Crippen molar-refractivity contribution in [2.24, 2.45) is 0 Å². The molecule has 1 heterocycles. The van der Waals surface area contributed by atoms with Crippen LogP contribution in [0.15, 0.2) is 24.3 Å². The number of terminal acetylenes is 1. The maximum absolute atomic E-state index is 11.7. The lowest BCUT2D eigenvalue weighted by molar-refractivity contribution is 0.0652. The van der Waals surface area contributed by atoms with Gasteiger partial charge in [0.2, 0.25) is 0 Å². The molecular weight excluding hydrogens is 174 g/mol. The number of hydrogen-bond acceptors (Lipinski definition) is 1. The molecule has 2 rings (SSSR count). The highest BCUT2D eigenvalue weighted by atomic mass is 16.2. The van der Waals surface area contributed by atoms with Crippen molar-refractivity contribution in [3.63, 3.8) is 0 Å². The monoisotopic (exact) mass is 185 g/mol. The molecule has 1 aromatic rings. The van der Waals surface area contributed by atoms with Crippen LogP contribution in [0.2, 0.25) is 0 Å². The summed E-state index contributed by atoms with van der Waals surface area (Å²) in [5, 5.41) is 0. The zero-order valence-electron chi connectivity index (χ0n) is 7.86. The topological polar surface area (TPSA) is 20.3 Å². The minimum Gasteiger partial charge on any atom is -0.339 e. The van der Waals surface area contributed by atoms with E-state index < -0.39 is 0 Å². The molecule has 1 aliphatic heterocycles. The molecule has 0 N–H and O–H groups in total. The minimum absolute atomic E-state index is 0.111. The van der Waals surface area contributed by atoms with Crippen LogP contribution in [0.1, 0.15) is 22.3 Å². The van der Waals surface area contributed by atoms with Gasteiger partial charge in [-0.2, -0.15) is 0 Å². The first kappa shape index (κ1) is 8.83. The van der Waals surface area contributed by atoms with E-state index in [9.17, 15) is 4.79 Å². The van der Waals surface area contributed by atoms with Crippen LogP contribution in [-0.2, 0) is 0 Å². The van der Waals surface area contributed by atoms with Gasteiger partial charge in [0.1, 0.15) is 0 Å². The second-order valence-corrected chi connectivity index (χ2v) is 3.37. The van der Waals surface area contributed by atoms with E-state index in [4.69, 9.17) is 6.42 Å². The molecule has 1 fully saturated rings. The van der Waals surface area contributed by atoms with Crippen LogP contribution in [0.4, 0.5) is 0 Å². The molecule has 1 amide bonds. The number of benzene rings is 1. The van der Waals surface area contributed by atoms with Crippen LogP contribution >= 0.6 is 0 Å². The van der Waals surface area contributed by atoms with Crippen molar-refractivity contribution in [1.82, 2.24) is 4.90 Å². The molecule has 0 atom stereocenters. The normalized spacial score (nSPS) is 14.4. The standard InChI is InChI=1S/C12H11NO/c1-2-10-4-6-11(7-5-10)12(14)13-8-3-9-13/h1,4-7H,3,8-9H2. The van der Waals surface area contributed by atoms with Crippen molar-refractivity contribution < 1.29 is 4.79 Å². The lowest BCUT2D eigenvalue weighted by atomic mass is 10.1. The van der Waals surface area contributed by atoms with Crippen LogP contribution in [0, 0.1) is 12.3 Å². The highest BCUT2D eigenvalue weighted by Crippen LogP contribution is 2.12. The molecule has 2 nitrogen and oxygen atoms in total. The SMILES string of the molecule is C#Cc1ccc(C(=O)N2CCC2)cc1. The Morgan fingerprint density at radius 3 is 2.36 bits per heavy atom. The third-order valence-corrected chi connectivity index (χ3v) is 2.44. The van der Waals surface area contributed by atoms with Gasteiger partial charge in [0.25, 0.3) is 5.91 Å². The summed E-state index contributed by atoms with van der Waals surface area (Å²) in [4.78, 5) is 13.5. The first-order valence-corrected chi connectivity index (χ1v) is 4.67. The third-order valence-electron chi connectivity index (χ3n) is 2.44. The van der Waals surface area contributed by atoms with Crippen molar-refractivity contribution >= 4 is 5.91 Å². The Morgan fingerprint density at radius 1 is 1.29 bits per heavy atom. The molecule has 1 aromatic carbocycles. The molecule has 0 aromatic heterocycles. The Balaban J connectivity index is 2.16. The van der Waals surface area contributed by atoms with Gasteiger partial charge in [-0.05, 0) is 30.7 Å². The smallest absolute Gasteiger partial charge is 0.253 e. The van der Waals surface area contributed by atoms with Crippen LogP contribution in [0.5, 0.6) is 0 Å². The number of amides is 1. The quantitative estimate of drug-likeness (QED) is 0.607. The number of nitrogens with zero attached hydrogens (tertiary/aromatic N) is 1. The molecule has 0 unspecified atom stereocenters. The highest BCUT2D eigenvalue weighted by molar-refractivity contribution is 5.94. The van der Waals surface area contributed by atoms with E-state index in [1.54, 1.807) is 24.3 Å². The van der Waals surface area contributed by atoms with E-state index in [0.29, 0.717) is 0 Å². The molecule has 1 aliphatic rings. The van der Waals surface area contributed by atoms with Gasteiger partial charge < -0.3 is 4.90 Å². The summed E-state index contributed by atoms with van der Waals surface area (Å²) in [5.41, 5.74) is 1.54. The fourth-order valence-electron chi connectivity index (χ4n) is 1.41. The third kappa shape index (κ3) is 1.49. The molecule has 2 heteroatoms. The Labute approximate surface area is 83.5 Å². The van der Waals surface area contributed by atoms with Gasteiger partial charge in [0.15, 0.2) is 0 Å². The van der Waals surface area contributed by atoms with Crippen LogP contribution in [0.3, 0.4) is 0 Å². The predicted octanol–water partition coefficient (Wildman–Crippen LogP) is 1.51. The van der Waals surface area contributed by atoms with Gasteiger partial charge >= 0.3 is 0 Å². The summed E-state index contributed by atoms with van der Waals surface area (Å²) in [5.74, 6) is 2.64. The van der Waals surface area contributed by atoms with E-state index in [0.717, 1.165) is 30.6 Å². The Morgan fingerprint density at radius 2 is 1.93 bits per heavy atom. The zero-order valence-corrected chi connectivity index (χ0v) is 7.86. The first-order chi connectivity index (χ1) is 6.81. The summed E-state index contributed by atoms with van der Waals surface area (Å²) in [6.45, 7) is 1.77. The summed E-state index contributed by atoms with van der Waals surface area (Å²) < 4.78 is 0. The molecule has 1 saturated heterocycles. The number of carbonyl (C=O) groups excluding carboxylic acids is 1. The molecule has 0 spiro atoms. The van der Waals surface area contributed by atoms with Crippen molar-refractivity contribution in [2.45, 2.75) is 6.42 Å². The largest absolute Gasteiger partial charge is 0.339 e. The minimum atomic E-state index is 0.111. The van der Waals surface area contributed by atoms with E-state index in [2.05, 4.69) is 5.92 Å². The van der Waals surface area contributed by atoms with Crippen LogP contribution < -0.4 is 0 Å². The van der Waals surface area contributed by atoms with E-state index >= 15 is 0 Å². The summed E-state index contributed by atoms with van der Waals surface area (Å²) in [6.07, 6.45) is 6.35. The van der Waals surface area contributed by atoms with Gasteiger partial charge in [-0.15, -0.1) is 6.42 Å². The summed E-state index contributed by atoms with van der Waals surface area (Å²) in [6, 6.07) is 7.17. The fourth-order valence-corrected chi connectivity index (χ4v) is 1.41. The van der Waals surface area contributed by atoms with Gasteiger partial charge in [-0.3, -0.25) is 4.79 Å². The number of carbonyl (C=O) groups is 1. The Bertz CT molecular complexity index is 382. The summed E-state index contributed by atoms with van der Waals surface area (Å²) >= 11 is 0. The lowest BCUT2D eigenvalue weighted by Crippen LogP contribution is -2.41. The van der Waals surface area contributed by atoms with Gasteiger partial charge in [-0.1, -0.05) is 5.92 Å². The number of rotatable bonds is 1. The predicted molar refractivity (Wildman–Crippen MR) is 54.9 cm³/mol. The van der Waals surface area contributed by atoms with Crippen LogP contribution in [-0.4, -0.2) is 23.9 Å². The second-order valence-electron chi connectivity index (χ2n) is 3.37.